The highest BCUT2D eigenvalue weighted by atomic mass is 35.5. The molecule has 0 saturated heterocycles. The average Bonchev–Trinajstić information content (AvgIpc) is 3.09. The molecule has 0 radical (unpaired) electrons. The molecule has 0 aliphatic carbocycles. The molecule has 0 bridgehead atoms. The predicted octanol–water partition coefficient (Wildman–Crippen LogP) is 4.66. The Morgan fingerprint density at radius 2 is 1.97 bits per heavy atom. The fourth-order valence-electron chi connectivity index (χ4n) is 2.95. The maximum absolute atomic E-state index is 12.5. The second-order valence-corrected chi connectivity index (χ2v) is 6.90. The molecule has 3 rings (SSSR count). The van der Waals surface area contributed by atoms with Crippen LogP contribution in [-0.4, -0.2) is 25.1 Å². The summed E-state index contributed by atoms with van der Waals surface area (Å²) in [6.07, 6.45) is 0. The van der Waals surface area contributed by atoms with E-state index in [1.165, 1.54) is 0 Å². The molecule has 1 aromatic heterocycles. The summed E-state index contributed by atoms with van der Waals surface area (Å²) in [5, 5.41) is 4.14. The van der Waals surface area contributed by atoms with Crippen molar-refractivity contribution in [2.24, 2.45) is 0 Å². The Labute approximate surface area is 173 Å². The quantitative estimate of drug-likeness (QED) is 0.541. The van der Waals surface area contributed by atoms with Gasteiger partial charge in [-0.2, -0.15) is 0 Å². The van der Waals surface area contributed by atoms with Gasteiger partial charge in [-0.1, -0.05) is 41.9 Å². The number of benzene rings is 2. The summed E-state index contributed by atoms with van der Waals surface area (Å²) in [5.74, 6) is -1.08. The van der Waals surface area contributed by atoms with Gasteiger partial charge in [0.2, 0.25) is 5.76 Å². The van der Waals surface area contributed by atoms with Gasteiger partial charge in [-0.15, -0.1) is 0 Å². The number of rotatable bonds is 8. The molecular formula is C22H22ClNO5. The molecule has 0 unspecified atom stereocenters. The largest absolute Gasteiger partial charge is 0.450 e. The zero-order valence-electron chi connectivity index (χ0n) is 16.2. The minimum atomic E-state index is -0.707. The Morgan fingerprint density at radius 1 is 1.17 bits per heavy atom. The van der Waals surface area contributed by atoms with Crippen molar-refractivity contribution < 1.29 is 23.5 Å². The lowest BCUT2D eigenvalue weighted by Crippen LogP contribution is -2.31. The molecule has 1 N–H and O–H groups in total. The Balaban J connectivity index is 1.65. The first-order valence-electron chi connectivity index (χ1n) is 9.29. The van der Waals surface area contributed by atoms with E-state index in [4.69, 9.17) is 25.5 Å². The minimum absolute atomic E-state index is 0.0512. The number of halogens is 1. The van der Waals surface area contributed by atoms with E-state index in [9.17, 15) is 9.59 Å². The van der Waals surface area contributed by atoms with Crippen LogP contribution in [0.1, 0.15) is 41.6 Å². The summed E-state index contributed by atoms with van der Waals surface area (Å²) in [4.78, 5) is 24.7. The van der Waals surface area contributed by atoms with Gasteiger partial charge in [-0.3, -0.25) is 4.79 Å². The van der Waals surface area contributed by atoms with Crippen LogP contribution in [0.25, 0.3) is 11.0 Å². The molecule has 0 aliphatic rings. The summed E-state index contributed by atoms with van der Waals surface area (Å²) in [7, 11) is 0. The van der Waals surface area contributed by atoms with Crippen LogP contribution in [-0.2, 0) is 20.9 Å². The zero-order chi connectivity index (χ0) is 20.8. The van der Waals surface area contributed by atoms with Crippen molar-refractivity contribution in [1.82, 2.24) is 5.32 Å². The van der Waals surface area contributed by atoms with Gasteiger partial charge < -0.3 is 19.2 Å². The number of esters is 1. The zero-order valence-corrected chi connectivity index (χ0v) is 17.0. The minimum Gasteiger partial charge on any atom is -0.450 e. The normalized spacial score (nSPS) is 12.0. The van der Waals surface area contributed by atoms with E-state index in [1.807, 2.05) is 44.2 Å². The third-order valence-electron chi connectivity index (χ3n) is 4.39. The smallest absolute Gasteiger partial charge is 0.375 e. The van der Waals surface area contributed by atoms with Crippen molar-refractivity contribution in [3.63, 3.8) is 0 Å². The first-order valence-corrected chi connectivity index (χ1v) is 9.67. The van der Waals surface area contributed by atoms with Crippen LogP contribution in [0, 0.1) is 0 Å². The number of amides is 1. The summed E-state index contributed by atoms with van der Waals surface area (Å²) < 4.78 is 16.3. The van der Waals surface area contributed by atoms with Crippen LogP contribution in [0.3, 0.4) is 0 Å². The third-order valence-corrected chi connectivity index (χ3v) is 4.63. The van der Waals surface area contributed by atoms with Crippen LogP contribution >= 0.6 is 11.6 Å². The molecule has 1 amide bonds. The number of fused-ring (bicyclic) bond motifs is 1. The van der Waals surface area contributed by atoms with E-state index >= 15 is 0 Å². The molecule has 0 spiro atoms. The third kappa shape index (κ3) is 5.16. The van der Waals surface area contributed by atoms with E-state index in [0.717, 1.165) is 10.9 Å². The molecule has 1 heterocycles. The maximum Gasteiger partial charge on any atom is 0.375 e. The molecular weight excluding hydrogens is 394 g/mol. The maximum atomic E-state index is 12.5. The van der Waals surface area contributed by atoms with E-state index in [0.29, 0.717) is 22.8 Å². The molecule has 6 nitrogen and oxygen atoms in total. The summed E-state index contributed by atoms with van der Waals surface area (Å²) in [5.41, 5.74) is 2.03. The highest BCUT2D eigenvalue weighted by Crippen LogP contribution is 2.27. The van der Waals surface area contributed by atoms with Gasteiger partial charge in [-0.05, 0) is 37.6 Å². The lowest BCUT2D eigenvalue weighted by Gasteiger charge is -2.14. The number of furan rings is 1. The van der Waals surface area contributed by atoms with E-state index in [1.54, 1.807) is 18.2 Å². The van der Waals surface area contributed by atoms with Gasteiger partial charge in [0.15, 0.2) is 6.61 Å². The number of para-hydroxylation sites is 1. The summed E-state index contributed by atoms with van der Waals surface area (Å²) >= 11 is 5.98. The molecule has 0 fully saturated rings. The highest BCUT2D eigenvalue weighted by molar-refractivity contribution is 6.30. The van der Waals surface area contributed by atoms with Crippen LogP contribution in [0.4, 0.5) is 0 Å². The van der Waals surface area contributed by atoms with E-state index in [-0.39, 0.29) is 18.4 Å². The Morgan fingerprint density at radius 3 is 2.72 bits per heavy atom. The number of hydrogen-bond acceptors (Lipinski definition) is 5. The second kappa shape index (κ2) is 9.58. The monoisotopic (exact) mass is 415 g/mol. The fourth-order valence-corrected chi connectivity index (χ4v) is 3.15. The van der Waals surface area contributed by atoms with Crippen LogP contribution < -0.4 is 5.32 Å². The second-order valence-electron chi connectivity index (χ2n) is 6.46. The summed E-state index contributed by atoms with van der Waals surface area (Å²) in [6.45, 7) is 3.99. The number of hydrogen-bond donors (Lipinski definition) is 1. The Hall–Kier alpha value is -2.83. The predicted molar refractivity (Wildman–Crippen MR) is 110 cm³/mol. The first-order chi connectivity index (χ1) is 14.0. The lowest BCUT2D eigenvalue weighted by atomic mass is 10.1. The van der Waals surface area contributed by atoms with Crippen LogP contribution in [0.2, 0.25) is 5.02 Å². The molecule has 2 aromatic carbocycles. The number of carbonyl (C=O) groups is 2. The Bertz CT molecular complexity index is 1010. The topological polar surface area (TPSA) is 77.8 Å². The molecule has 152 valence electrons. The first kappa shape index (κ1) is 20.9. The van der Waals surface area contributed by atoms with E-state index in [2.05, 4.69) is 5.32 Å². The SMILES string of the molecule is CCOCc1c(C(=O)OCC(=O)N[C@@H](C)c2cccc(Cl)c2)oc2ccccc12. The number of carbonyl (C=O) groups excluding carboxylic acids is 2. The number of nitrogens with one attached hydrogen (secondary N) is 1. The van der Waals surface area contributed by atoms with Crippen molar-refractivity contribution in [2.75, 3.05) is 13.2 Å². The van der Waals surface area contributed by atoms with Gasteiger partial charge in [0.25, 0.3) is 5.91 Å². The van der Waals surface area contributed by atoms with Gasteiger partial charge in [-0.25, -0.2) is 4.79 Å². The van der Waals surface area contributed by atoms with E-state index < -0.39 is 18.5 Å². The van der Waals surface area contributed by atoms with Crippen LogP contribution in [0.5, 0.6) is 0 Å². The molecule has 29 heavy (non-hydrogen) atoms. The van der Waals surface area contributed by atoms with Crippen molar-refractivity contribution in [2.45, 2.75) is 26.5 Å². The van der Waals surface area contributed by atoms with Gasteiger partial charge in [0, 0.05) is 22.6 Å². The van der Waals surface area contributed by atoms with Crippen molar-refractivity contribution in [3.8, 4) is 0 Å². The van der Waals surface area contributed by atoms with Gasteiger partial charge >= 0.3 is 5.97 Å². The molecule has 3 aromatic rings. The lowest BCUT2D eigenvalue weighted by molar-refractivity contribution is -0.124. The highest BCUT2D eigenvalue weighted by Gasteiger charge is 2.23. The molecule has 0 saturated carbocycles. The molecule has 1 atom stereocenters. The van der Waals surface area contributed by atoms with Gasteiger partial charge in [0.1, 0.15) is 5.58 Å². The molecule has 0 aliphatic heterocycles. The van der Waals surface area contributed by atoms with Crippen molar-refractivity contribution in [1.29, 1.82) is 0 Å². The van der Waals surface area contributed by atoms with Crippen molar-refractivity contribution in [3.05, 3.63) is 70.4 Å². The van der Waals surface area contributed by atoms with Crippen LogP contribution in [0.15, 0.2) is 52.9 Å². The average molecular weight is 416 g/mol. The Kier molecular flexibility index (Phi) is 6.90. The number of ether oxygens (including phenoxy) is 2. The fraction of sp³-hybridized carbons (Fsp3) is 0.273. The van der Waals surface area contributed by atoms with Gasteiger partial charge in [0.05, 0.1) is 12.6 Å². The standard InChI is InChI=1S/C22H22ClNO5/c1-3-27-12-18-17-9-4-5-10-19(17)29-21(18)22(26)28-13-20(25)24-14(2)15-7-6-8-16(23)11-15/h4-11,14H,3,12-13H2,1-2H3,(H,24,25)/t14-/m0/s1. The summed E-state index contributed by atoms with van der Waals surface area (Å²) in [6, 6.07) is 14.2. The van der Waals surface area contributed by atoms with Crippen molar-refractivity contribution >= 4 is 34.4 Å². The molecule has 7 heteroatoms.